The van der Waals surface area contributed by atoms with Crippen LogP contribution in [0.25, 0.3) is 0 Å². The number of aromatic nitrogens is 1. The Balaban J connectivity index is 2.70. The van der Waals surface area contributed by atoms with E-state index in [1.165, 1.54) is 6.20 Å². The molecule has 0 bridgehead atoms. The maximum absolute atomic E-state index is 11.7. The summed E-state index contributed by atoms with van der Waals surface area (Å²) in [5.41, 5.74) is 0. The maximum atomic E-state index is 11.7. The summed E-state index contributed by atoms with van der Waals surface area (Å²) < 4.78 is 25.8. The van der Waals surface area contributed by atoms with E-state index < -0.39 is 10.0 Å². The molecule has 0 atom stereocenters. The van der Waals surface area contributed by atoms with E-state index in [4.69, 9.17) is 0 Å². The molecular formula is C9H14N2O3S2. The minimum Gasteiger partial charge on any atom is -0.298 e. The molecule has 0 saturated heterocycles. The average molecular weight is 262 g/mol. The number of nitrogens with one attached hydrogen (secondary N) is 1. The lowest BCUT2D eigenvalue weighted by Gasteiger charge is -2.05. The van der Waals surface area contributed by atoms with Gasteiger partial charge >= 0.3 is 0 Å². The van der Waals surface area contributed by atoms with Crippen LogP contribution in [-0.4, -0.2) is 25.7 Å². The number of rotatable bonds is 5. The Labute approximate surface area is 99.0 Å². The van der Waals surface area contributed by atoms with E-state index in [-0.39, 0.29) is 22.5 Å². The molecule has 0 unspecified atom stereocenters. The molecule has 0 amide bonds. The van der Waals surface area contributed by atoms with Crippen LogP contribution < -0.4 is 4.72 Å². The molecule has 1 aromatic rings. The third-order valence-corrected chi connectivity index (χ3v) is 4.72. The second kappa shape index (κ2) is 5.03. The van der Waals surface area contributed by atoms with Crippen LogP contribution in [0.4, 0.5) is 0 Å². The van der Waals surface area contributed by atoms with Crippen LogP contribution >= 0.6 is 11.3 Å². The van der Waals surface area contributed by atoms with Crippen LogP contribution in [0.15, 0.2) is 10.4 Å². The predicted molar refractivity (Wildman–Crippen MR) is 61.9 cm³/mol. The van der Waals surface area contributed by atoms with Gasteiger partial charge in [0.2, 0.25) is 0 Å². The molecule has 0 aliphatic carbocycles. The first kappa shape index (κ1) is 13.3. The molecule has 90 valence electrons. The van der Waals surface area contributed by atoms with Crippen molar-refractivity contribution in [3.63, 3.8) is 0 Å². The van der Waals surface area contributed by atoms with E-state index in [1.54, 1.807) is 20.8 Å². The molecule has 1 heterocycles. The van der Waals surface area contributed by atoms with Crippen LogP contribution in [0.5, 0.6) is 0 Å². The first-order valence-electron chi connectivity index (χ1n) is 4.77. The zero-order valence-corrected chi connectivity index (χ0v) is 11.0. The molecule has 0 radical (unpaired) electrons. The summed E-state index contributed by atoms with van der Waals surface area (Å²) in [6.45, 7) is 5.01. The molecule has 0 aromatic carbocycles. The second-order valence-corrected chi connectivity index (χ2v) is 6.87. The van der Waals surface area contributed by atoms with Crippen molar-refractivity contribution < 1.29 is 13.2 Å². The maximum Gasteiger partial charge on any atom is 0.252 e. The van der Waals surface area contributed by atoms with E-state index in [2.05, 4.69) is 9.71 Å². The first-order valence-corrected chi connectivity index (χ1v) is 7.07. The summed E-state index contributed by atoms with van der Waals surface area (Å²) >= 11 is 1.08. The monoisotopic (exact) mass is 262 g/mol. The van der Waals surface area contributed by atoms with Crippen molar-refractivity contribution in [2.24, 2.45) is 5.92 Å². The van der Waals surface area contributed by atoms with Crippen LogP contribution in [-0.2, 0) is 14.8 Å². The fourth-order valence-corrected chi connectivity index (χ4v) is 3.05. The van der Waals surface area contributed by atoms with Gasteiger partial charge in [0.15, 0.2) is 4.21 Å². The van der Waals surface area contributed by atoms with Crippen LogP contribution in [0.2, 0.25) is 0 Å². The number of nitrogens with zero attached hydrogens (tertiary/aromatic N) is 1. The van der Waals surface area contributed by atoms with Crippen LogP contribution in [0, 0.1) is 12.8 Å². The van der Waals surface area contributed by atoms with E-state index >= 15 is 0 Å². The Morgan fingerprint density at radius 2 is 2.19 bits per heavy atom. The standard InChI is InChI=1S/C9H14N2O3S2/c1-6(2)8(12)4-11-16(13,14)9-5-10-7(3)15-9/h5-6,11H,4H2,1-3H3. The van der Waals surface area contributed by atoms with Gasteiger partial charge in [-0.05, 0) is 6.92 Å². The number of ketones is 1. The van der Waals surface area contributed by atoms with Gasteiger partial charge in [-0.1, -0.05) is 13.8 Å². The molecule has 0 fully saturated rings. The third-order valence-electron chi connectivity index (χ3n) is 1.95. The highest BCUT2D eigenvalue weighted by Crippen LogP contribution is 2.17. The van der Waals surface area contributed by atoms with Gasteiger partial charge in [0, 0.05) is 5.92 Å². The predicted octanol–water partition coefficient (Wildman–Crippen LogP) is 0.955. The molecule has 0 saturated carbocycles. The van der Waals surface area contributed by atoms with Gasteiger partial charge in [-0.15, -0.1) is 11.3 Å². The van der Waals surface area contributed by atoms with Gasteiger partial charge in [-0.2, -0.15) is 0 Å². The van der Waals surface area contributed by atoms with E-state index in [1.807, 2.05) is 0 Å². The number of carbonyl (C=O) groups is 1. The zero-order chi connectivity index (χ0) is 12.3. The van der Waals surface area contributed by atoms with Gasteiger partial charge in [-0.25, -0.2) is 18.1 Å². The molecule has 1 N–H and O–H groups in total. The highest BCUT2D eigenvalue weighted by Gasteiger charge is 2.18. The Bertz CT molecular complexity index is 477. The first-order chi connectivity index (χ1) is 7.33. The normalized spacial score (nSPS) is 12.0. The summed E-state index contributed by atoms with van der Waals surface area (Å²) in [7, 11) is -3.58. The summed E-state index contributed by atoms with van der Waals surface area (Å²) in [6.07, 6.45) is 1.29. The Morgan fingerprint density at radius 1 is 1.56 bits per heavy atom. The largest absolute Gasteiger partial charge is 0.298 e. The SMILES string of the molecule is Cc1ncc(S(=O)(=O)NCC(=O)C(C)C)s1. The molecule has 0 aliphatic rings. The molecule has 0 spiro atoms. The lowest BCUT2D eigenvalue weighted by atomic mass is 10.1. The van der Waals surface area contributed by atoms with E-state index in [0.29, 0.717) is 5.01 Å². The molecule has 0 aliphatic heterocycles. The molecular weight excluding hydrogens is 248 g/mol. The highest BCUT2D eigenvalue weighted by atomic mass is 32.2. The fourth-order valence-electron chi connectivity index (χ4n) is 0.908. The highest BCUT2D eigenvalue weighted by molar-refractivity contribution is 7.91. The molecule has 1 aromatic heterocycles. The van der Waals surface area contributed by atoms with Crippen LogP contribution in [0.3, 0.4) is 0 Å². The minimum absolute atomic E-state index is 0.134. The Hall–Kier alpha value is -0.790. The van der Waals surface area contributed by atoms with Gasteiger partial charge in [0.1, 0.15) is 5.78 Å². The summed E-state index contributed by atoms with van der Waals surface area (Å²) in [6, 6.07) is 0. The van der Waals surface area contributed by atoms with Gasteiger partial charge in [0.25, 0.3) is 10.0 Å². The summed E-state index contributed by atoms with van der Waals surface area (Å²) in [5, 5.41) is 0.676. The topological polar surface area (TPSA) is 76.1 Å². The molecule has 5 nitrogen and oxygen atoms in total. The minimum atomic E-state index is -3.58. The summed E-state index contributed by atoms with van der Waals surface area (Å²) in [4.78, 5) is 15.1. The number of hydrogen-bond donors (Lipinski definition) is 1. The van der Waals surface area contributed by atoms with Gasteiger partial charge in [-0.3, -0.25) is 4.79 Å². The Morgan fingerprint density at radius 3 is 2.62 bits per heavy atom. The molecule has 7 heteroatoms. The van der Waals surface area contributed by atoms with E-state index in [0.717, 1.165) is 11.3 Å². The molecule has 1 rings (SSSR count). The van der Waals surface area contributed by atoms with Crippen molar-refractivity contribution >= 4 is 27.1 Å². The number of sulfonamides is 1. The Kier molecular flexibility index (Phi) is 4.17. The number of thiazole rings is 1. The third kappa shape index (κ3) is 3.36. The fraction of sp³-hybridized carbons (Fsp3) is 0.556. The smallest absolute Gasteiger partial charge is 0.252 e. The summed E-state index contributed by atoms with van der Waals surface area (Å²) in [5.74, 6) is -0.310. The van der Waals surface area contributed by atoms with E-state index in [9.17, 15) is 13.2 Å². The lowest BCUT2D eigenvalue weighted by molar-refractivity contribution is -0.120. The lowest BCUT2D eigenvalue weighted by Crippen LogP contribution is -2.31. The van der Waals surface area contributed by atoms with Crippen molar-refractivity contribution in [3.8, 4) is 0 Å². The number of Topliss-reactive ketones (excluding diaryl/α,β-unsaturated/α-hetero) is 1. The quantitative estimate of drug-likeness (QED) is 0.857. The molecule has 16 heavy (non-hydrogen) atoms. The number of hydrogen-bond acceptors (Lipinski definition) is 5. The number of aryl methyl sites for hydroxylation is 1. The zero-order valence-electron chi connectivity index (χ0n) is 9.35. The van der Waals surface area contributed by atoms with Crippen molar-refractivity contribution in [2.75, 3.05) is 6.54 Å². The van der Waals surface area contributed by atoms with Gasteiger partial charge < -0.3 is 0 Å². The average Bonchev–Trinajstić information content (AvgIpc) is 2.61. The number of carbonyl (C=O) groups excluding carboxylic acids is 1. The van der Waals surface area contributed by atoms with Crippen molar-refractivity contribution in [2.45, 2.75) is 25.0 Å². The van der Waals surface area contributed by atoms with Crippen molar-refractivity contribution in [3.05, 3.63) is 11.2 Å². The van der Waals surface area contributed by atoms with Crippen molar-refractivity contribution in [1.29, 1.82) is 0 Å². The van der Waals surface area contributed by atoms with Crippen molar-refractivity contribution in [1.82, 2.24) is 9.71 Å². The van der Waals surface area contributed by atoms with Crippen LogP contribution in [0.1, 0.15) is 18.9 Å². The van der Waals surface area contributed by atoms with Gasteiger partial charge in [0.05, 0.1) is 17.7 Å². The second-order valence-electron chi connectivity index (χ2n) is 3.64.